The van der Waals surface area contributed by atoms with Gasteiger partial charge in [0.15, 0.2) is 0 Å². The number of esters is 1. The zero-order valence-corrected chi connectivity index (χ0v) is 10.9. The van der Waals surface area contributed by atoms with Gasteiger partial charge in [0.2, 0.25) is 5.71 Å². The lowest BCUT2D eigenvalue weighted by Gasteiger charge is -2.05. The minimum atomic E-state index is -0.458. The molecule has 1 N–H and O–H groups in total. The topological polar surface area (TPSA) is 98.3 Å². The third-order valence-corrected chi connectivity index (χ3v) is 2.55. The lowest BCUT2D eigenvalue weighted by atomic mass is 10.2. The number of nitrogens with zero attached hydrogens (tertiary/aromatic N) is 3. The summed E-state index contributed by atoms with van der Waals surface area (Å²) >= 11 is 3.23. The summed E-state index contributed by atoms with van der Waals surface area (Å²) in [6, 6.07) is 7.89. The summed E-state index contributed by atoms with van der Waals surface area (Å²) in [4.78, 5) is 11.3. The molecule has 1 aromatic carbocycles. The van der Waals surface area contributed by atoms with Crippen molar-refractivity contribution in [1.82, 2.24) is 0 Å². The molecular weight excluding hydrogens is 300 g/mol. The first kappa shape index (κ1) is 13.7. The Morgan fingerprint density at radius 3 is 2.61 bits per heavy atom. The van der Waals surface area contributed by atoms with Gasteiger partial charge in [-0.2, -0.15) is 15.6 Å². The molecule has 0 aliphatic carbocycles. The molecule has 0 bridgehead atoms. The molecule has 0 amide bonds. The minimum absolute atomic E-state index is 0.293. The lowest BCUT2D eigenvalue weighted by Crippen LogP contribution is -2.02. The standard InChI is InChI=1S/C11H7BrN4O2/c1-18-11(17)7-2-3-10(9(12)4-7)16-15-8(5-13)6-14/h2-4,16H,1H3. The third kappa shape index (κ3) is 3.30. The van der Waals surface area contributed by atoms with E-state index >= 15 is 0 Å². The molecule has 0 aliphatic heterocycles. The highest BCUT2D eigenvalue weighted by Gasteiger charge is 2.08. The number of hydrogen-bond acceptors (Lipinski definition) is 6. The van der Waals surface area contributed by atoms with Crippen LogP contribution in [0.2, 0.25) is 0 Å². The summed E-state index contributed by atoms with van der Waals surface area (Å²) < 4.78 is 5.13. The molecule has 6 nitrogen and oxygen atoms in total. The third-order valence-electron chi connectivity index (χ3n) is 1.89. The average Bonchev–Trinajstić information content (AvgIpc) is 2.40. The first-order valence-corrected chi connectivity index (χ1v) is 5.43. The minimum Gasteiger partial charge on any atom is -0.465 e. The Hall–Kier alpha value is -2.38. The molecule has 7 heteroatoms. The van der Waals surface area contributed by atoms with Crippen molar-refractivity contribution in [3.8, 4) is 12.1 Å². The Bertz CT molecular complexity index is 568. The van der Waals surface area contributed by atoms with E-state index < -0.39 is 5.97 Å². The molecule has 0 radical (unpaired) electrons. The molecule has 0 fully saturated rings. The van der Waals surface area contributed by atoms with Gasteiger partial charge in [-0.15, -0.1) is 0 Å². The van der Waals surface area contributed by atoms with Crippen molar-refractivity contribution in [2.75, 3.05) is 12.5 Å². The second kappa shape index (κ2) is 6.38. The predicted octanol–water partition coefficient (Wildman–Crippen LogP) is 2.05. The fourth-order valence-electron chi connectivity index (χ4n) is 1.04. The smallest absolute Gasteiger partial charge is 0.337 e. The zero-order valence-electron chi connectivity index (χ0n) is 9.27. The van der Waals surface area contributed by atoms with E-state index in [0.29, 0.717) is 15.7 Å². The summed E-state index contributed by atoms with van der Waals surface area (Å²) in [6.07, 6.45) is 0. The number of carbonyl (C=O) groups is 1. The SMILES string of the molecule is COC(=O)c1ccc(NN=C(C#N)C#N)c(Br)c1. The van der Waals surface area contributed by atoms with E-state index in [1.54, 1.807) is 24.3 Å². The molecule has 0 unspecified atom stereocenters. The molecule has 0 heterocycles. The van der Waals surface area contributed by atoms with E-state index in [4.69, 9.17) is 10.5 Å². The van der Waals surface area contributed by atoms with E-state index in [1.165, 1.54) is 13.2 Å². The van der Waals surface area contributed by atoms with Crippen LogP contribution in [0.25, 0.3) is 0 Å². The number of rotatable bonds is 3. The van der Waals surface area contributed by atoms with Crippen LogP contribution < -0.4 is 5.43 Å². The molecule has 0 spiro atoms. The molecule has 1 aromatic rings. The van der Waals surface area contributed by atoms with Crippen molar-refractivity contribution >= 4 is 33.3 Å². The number of nitrogens with one attached hydrogen (secondary N) is 1. The van der Waals surface area contributed by atoms with E-state index in [9.17, 15) is 4.79 Å². The van der Waals surface area contributed by atoms with Crippen molar-refractivity contribution in [2.24, 2.45) is 5.10 Å². The highest BCUT2D eigenvalue weighted by Crippen LogP contribution is 2.24. The Morgan fingerprint density at radius 2 is 2.11 bits per heavy atom. The second-order valence-corrected chi connectivity index (χ2v) is 3.84. The monoisotopic (exact) mass is 306 g/mol. The number of ether oxygens (including phenoxy) is 1. The quantitative estimate of drug-likeness (QED) is 0.523. The van der Waals surface area contributed by atoms with Crippen molar-refractivity contribution in [1.29, 1.82) is 10.5 Å². The summed E-state index contributed by atoms with van der Waals surface area (Å²) in [5.41, 5.74) is 3.14. The molecule has 0 saturated carbocycles. The maximum Gasteiger partial charge on any atom is 0.337 e. The molecule has 0 atom stereocenters. The number of nitriles is 2. The van der Waals surface area contributed by atoms with E-state index in [-0.39, 0.29) is 5.71 Å². The van der Waals surface area contributed by atoms with Crippen LogP contribution in [0.1, 0.15) is 10.4 Å². The van der Waals surface area contributed by atoms with Crippen LogP contribution >= 0.6 is 15.9 Å². The van der Waals surface area contributed by atoms with E-state index in [2.05, 4.69) is 31.2 Å². The number of halogens is 1. The molecule has 0 aromatic heterocycles. The average molecular weight is 307 g/mol. The molecule has 90 valence electrons. The Labute approximate surface area is 112 Å². The summed E-state index contributed by atoms with van der Waals surface area (Å²) in [6.45, 7) is 0. The lowest BCUT2D eigenvalue weighted by molar-refractivity contribution is 0.0600. The number of carbonyl (C=O) groups excluding carboxylic acids is 1. The number of benzene rings is 1. The van der Waals surface area contributed by atoms with Crippen LogP contribution in [-0.4, -0.2) is 18.8 Å². The number of hydrogen-bond donors (Lipinski definition) is 1. The highest BCUT2D eigenvalue weighted by molar-refractivity contribution is 9.10. The second-order valence-electron chi connectivity index (χ2n) is 2.98. The van der Waals surface area contributed by atoms with Gasteiger partial charge in [0, 0.05) is 4.47 Å². The largest absolute Gasteiger partial charge is 0.465 e. The van der Waals surface area contributed by atoms with Crippen LogP contribution in [0, 0.1) is 22.7 Å². The number of anilines is 1. The molecular formula is C11H7BrN4O2. The first-order chi connectivity index (χ1) is 8.62. The van der Waals surface area contributed by atoms with Gasteiger partial charge in [-0.3, -0.25) is 5.43 Å². The van der Waals surface area contributed by atoms with Crippen molar-refractivity contribution in [2.45, 2.75) is 0 Å². The van der Waals surface area contributed by atoms with Gasteiger partial charge in [0.25, 0.3) is 0 Å². The zero-order chi connectivity index (χ0) is 13.5. The highest BCUT2D eigenvalue weighted by atomic mass is 79.9. The predicted molar refractivity (Wildman–Crippen MR) is 67.8 cm³/mol. The fourth-order valence-corrected chi connectivity index (χ4v) is 1.51. The number of hydrazone groups is 1. The van der Waals surface area contributed by atoms with Gasteiger partial charge in [-0.05, 0) is 34.1 Å². The summed E-state index contributed by atoms with van der Waals surface area (Å²) in [5, 5.41) is 20.6. The van der Waals surface area contributed by atoms with E-state index in [0.717, 1.165) is 0 Å². The van der Waals surface area contributed by atoms with Crippen LogP contribution in [0.15, 0.2) is 27.8 Å². The van der Waals surface area contributed by atoms with Gasteiger partial charge in [0.05, 0.1) is 18.4 Å². The molecule has 18 heavy (non-hydrogen) atoms. The van der Waals surface area contributed by atoms with E-state index in [1.807, 2.05) is 0 Å². The van der Waals surface area contributed by atoms with Gasteiger partial charge >= 0.3 is 5.97 Å². The molecule has 0 saturated heterocycles. The van der Waals surface area contributed by atoms with Crippen molar-refractivity contribution in [3.05, 3.63) is 28.2 Å². The number of methoxy groups -OCH3 is 1. The Morgan fingerprint density at radius 1 is 1.44 bits per heavy atom. The van der Waals surface area contributed by atoms with Crippen LogP contribution in [-0.2, 0) is 4.74 Å². The van der Waals surface area contributed by atoms with Gasteiger partial charge in [-0.1, -0.05) is 0 Å². The normalized spacial score (nSPS) is 8.67. The van der Waals surface area contributed by atoms with Crippen LogP contribution in [0.3, 0.4) is 0 Å². The van der Waals surface area contributed by atoms with Gasteiger partial charge < -0.3 is 4.74 Å². The van der Waals surface area contributed by atoms with Crippen LogP contribution in [0.4, 0.5) is 5.69 Å². The van der Waals surface area contributed by atoms with Crippen molar-refractivity contribution < 1.29 is 9.53 Å². The maximum absolute atomic E-state index is 11.3. The van der Waals surface area contributed by atoms with Gasteiger partial charge in [0.1, 0.15) is 12.1 Å². The maximum atomic E-state index is 11.3. The Balaban J connectivity index is 2.95. The van der Waals surface area contributed by atoms with Crippen molar-refractivity contribution in [3.63, 3.8) is 0 Å². The van der Waals surface area contributed by atoms with Crippen LogP contribution in [0.5, 0.6) is 0 Å². The van der Waals surface area contributed by atoms with Gasteiger partial charge in [-0.25, -0.2) is 4.79 Å². The molecule has 1 rings (SSSR count). The summed E-state index contributed by atoms with van der Waals surface area (Å²) in [5.74, 6) is -0.458. The first-order valence-electron chi connectivity index (χ1n) is 4.64. The Kier molecular flexibility index (Phi) is 4.85. The molecule has 0 aliphatic rings. The summed E-state index contributed by atoms with van der Waals surface area (Å²) in [7, 11) is 1.29. The fraction of sp³-hybridized carbons (Fsp3) is 0.0909.